The molecule has 0 rings (SSSR count). The van der Waals surface area contributed by atoms with Crippen molar-refractivity contribution in [2.75, 3.05) is 6.61 Å². The van der Waals surface area contributed by atoms with Gasteiger partial charge in [0.25, 0.3) is 0 Å². The lowest BCUT2D eigenvalue weighted by Gasteiger charge is -2.24. The Labute approximate surface area is 311 Å². The van der Waals surface area contributed by atoms with Crippen molar-refractivity contribution < 1.29 is 24.5 Å². The molecule has 3 N–H and O–H groups in total. The van der Waals surface area contributed by atoms with Gasteiger partial charge in [-0.1, -0.05) is 207 Å². The molecular weight excluding hydrogens is 622 g/mol. The van der Waals surface area contributed by atoms with Gasteiger partial charge in [0.1, 0.15) is 6.10 Å². The Hall–Kier alpha value is -1.14. The van der Waals surface area contributed by atoms with Crippen LogP contribution in [0, 0.1) is 0 Å². The Bertz CT molecular complexity index is 717. The number of amides is 1. The number of carbonyl (C=O) groups is 2. The summed E-state index contributed by atoms with van der Waals surface area (Å²) in [7, 11) is 0. The maximum Gasteiger partial charge on any atom is 0.306 e. The zero-order valence-corrected chi connectivity index (χ0v) is 33.8. The van der Waals surface area contributed by atoms with Crippen LogP contribution in [0.15, 0.2) is 0 Å². The van der Waals surface area contributed by atoms with Gasteiger partial charge in [0.15, 0.2) is 0 Å². The summed E-state index contributed by atoms with van der Waals surface area (Å²) in [6.07, 6.45) is 38.7. The first-order valence-corrected chi connectivity index (χ1v) is 22.3. The van der Waals surface area contributed by atoms with Gasteiger partial charge in [0.05, 0.1) is 25.2 Å². The number of ether oxygens (including phenoxy) is 1. The van der Waals surface area contributed by atoms with E-state index in [1.54, 1.807) is 0 Å². The molecule has 0 aliphatic rings. The van der Waals surface area contributed by atoms with E-state index in [2.05, 4.69) is 26.1 Å². The summed E-state index contributed by atoms with van der Waals surface area (Å²) in [6.45, 7) is 6.45. The van der Waals surface area contributed by atoms with Crippen LogP contribution < -0.4 is 5.32 Å². The van der Waals surface area contributed by atoms with Crippen molar-refractivity contribution in [1.82, 2.24) is 5.32 Å². The minimum Gasteiger partial charge on any atom is -0.462 e. The quantitative estimate of drug-likeness (QED) is 0.0435. The second-order valence-electron chi connectivity index (χ2n) is 15.5. The molecule has 0 spiro atoms. The van der Waals surface area contributed by atoms with Crippen LogP contribution in [-0.4, -0.2) is 46.9 Å². The van der Waals surface area contributed by atoms with Crippen LogP contribution in [0.2, 0.25) is 0 Å². The molecule has 6 nitrogen and oxygen atoms in total. The van der Waals surface area contributed by atoms with Gasteiger partial charge >= 0.3 is 5.97 Å². The number of aliphatic hydroxyl groups excluding tert-OH is 2. The van der Waals surface area contributed by atoms with Crippen molar-refractivity contribution in [2.45, 2.75) is 264 Å². The lowest BCUT2D eigenvalue weighted by atomic mass is 10.0. The molecule has 0 saturated carbocycles. The van der Waals surface area contributed by atoms with Gasteiger partial charge in [-0.15, -0.1) is 0 Å². The van der Waals surface area contributed by atoms with E-state index < -0.39 is 18.2 Å². The number of unbranched alkanes of at least 4 members (excludes halogenated alkanes) is 28. The molecular formula is C44H87NO5. The number of hydrogen-bond donors (Lipinski definition) is 3. The maximum absolute atomic E-state index is 13.1. The molecule has 0 radical (unpaired) electrons. The fourth-order valence-electron chi connectivity index (χ4n) is 7.02. The monoisotopic (exact) mass is 710 g/mol. The number of nitrogens with one attached hydrogen (secondary N) is 1. The van der Waals surface area contributed by atoms with Gasteiger partial charge in [-0.3, -0.25) is 9.59 Å². The Balaban J connectivity index is 4.56. The predicted molar refractivity (Wildman–Crippen MR) is 214 cm³/mol. The third-order valence-electron chi connectivity index (χ3n) is 10.4. The Morgan fingerprint density at radius 3 is 1.22 bits per heavy atom. The normalized spacial score (nSPS) is 13.3. The highest BCUT2D eigenvalue weighted by Crippen LogP contribution is 2.18. The van der Waals surface area contributed by atoms with Gasteiger partial charge < -0.3 is 20.3 Å². The molecule has 3 unspecified atom stereocenters. The third kappa shape index (κ3) is 34.0. The van der Waals surface area contributed by atoms with Gasteiger partial charge in [-0.05, 0) is 25.7 Å². The van der Waals surface area contributed by atoms with E-state index in [1.165, 1.54) is 154 Å². The number of esters is 1. The Morgan fingerprint density at radius 2 is 0.840 bits per heavy atom. The van der Waals surface area contributed by atoms with E-state index in [4.69, 9.17) is 4.74 Å². The van der Waals surface area contributed by atoms with Crippen molar-refractivity contribution in [1.29, 1.82) is 0 Å². The van der Waals surface area contributed by atoms with Crippen molar-refractivity contribution >= 4 is 11.9 Å². The molecule has 6 heteroatoms. The van der Waals surface area contributed by atoms with E-state index in [1.807, 2.05) is 0 Å². The molecule has 50 heavy (non-hydrogen) atoms. The summed E-state index contributed by atoms with van der Waals surface area (Å²) in [5, 5.41) is 23.5. The van der Waals surface area contributed by atoms with Crippen LogP contribution in [0.4, 0.5) is 0 Å². The van der Waals surface area contributed by atoms with E-state index in [0.29, 0.717) is 19.3 Å². The predicted octanol–water partition coefficient (Wildman–Crippen LogP) is 12.4. The molecule has 1 amide bonds. The second-order valence-corrected chi connectivity index (χ2v) is 15.5. The lowest BCUT2D eigenvalue weighted by Crippen LogP contribution is -2.46. The van der Waals surface area contributed by atoms with Crippen LogP contribution in [0.5, 0.6) is 0 Å². The van der Waals surface area contributed by atoms with Gasteiger partial charge in [0, 0.05) is 6.42 Å². The molecule has 0 fully saturated rings. The van der Waals surface area contributed by atoms with Crippen molar-refractivity contribution in [3.05, 3.63) is 0 Å². The molecule has 0 aromatic carbocycles. The number of rotatable bonds is 40. The highest BCUT2D eigenvalue weighted by atomic mass is 16.5. The average molecular weight is 710 g/mol. The van der Waals surface area contributed by atoms with Gasteiger partial charge in [-0.25, -0.2) is 0 Å². The first-order valence-electron chi connectivity index (χ1n) is 22.3. The van der Waals surface area contributed by atoms with E-state index >= 15 is 0 Å². The molecule has 298 valence electrons. The second kappa shape index (κ2) is 39.1. The molecule has 0 aromatic rings. The topological polar surface area (TPSA) is 95.9 Å². The molecule has 0 aliphatic carbocycles. The fourth-order valence-corrected chi connectivity index (χ4v) is 7.02. The van der Waals surface area contributed by atoms with Crippen LogP contribution in [-0.2, 0) is 14.3 Å². The smallest absolute Gasteiger partial charge is 0.306 e. The van der Waals surface area contributed by atoms with Crippen molar-refractivity contribution in [3.63, 3.8) is 0 Å². The highest BCUT2D eigenvalue weighted by molar-refractivity contribution is 5.77. The van der Waals surface area contributed by atoms with Crippen LogP contribution >= 0.6 is 0 Å². The van der Waals surface area contributed by atoms with Gasteiger partial charge in [-0.2, -0.15) is 0 Å². The fraction of sp³-hybridized carbons (Fsp3) is 0.955. The lowest BCUT2D eigenvalue weighted by molar-refractivity contribution is -0.151. The number of aliphatic hydroxyl groups is 2. The average Bonchev–Trinajstić information content (AvgIpc) is 3.10. The number of hydrogen-bond acceptors (Lipinski definition) is 5. The Morgan fingerprint density at radius 1 is 0.500 bits per heavy atom. The Kier molecular flexibility index (Phi) is 38.2. The third-order valence-corrected chi connectivity index (χ3v) is 10.4. The minimum atomic E-state index is -0.776. The maximum atomic E-state index is 13.1. The molecule has 0 aromatic heterocycles. The van der Waals surface area contributed by atoms with Crippen molar-refractivity contribution in [3.8, 4) is 0 Å². The largest absolute Gasteiger partial charge is 0.462 e. The van der Waals surface area contributed by atoms with E-state index in [-0.39, 0.29) is 24.9 Å². The highest BCUT2D eigenvalue weighted by Gasteiger charge is 2.24. The van der Waals surface area contributed by atoms with Crippen molar-refractivity contribution in [2.24, 2.45) is 0 Å². The zero-order valence-electron chi connectivity index (χ0n) is 33.8. The summed E-state index contributed by atoms with van der Waals surface area (Å²) < 4.78 is 5.89. The van der Waals surface area contributed by atoms with E-state index in [0.717, 1.165) is 44.9 Å². The summed E-state index contributed by atoms with van der Waals surface area (Å²) in [4.78, 5) is 25.9. The molecule has 0 bridgehead atoms. The molecule has 0 saturated heterocycles. The van der Waals surface area contributed by atoms with Crippen LogP contribution in [0.25, 0.3) is 0 Å². The summed E-state index contributed by atoms with van der Waals surface area (Å²) in [6, 6.07) is -0.689. The number of carbonyl (C=O) groups excluding carboxylic acids is 2. The minimum absolute atomic E-state index is 0.0864. The first-order chi connectivity index (χ1) is 24.5. The first kappa shape index (κ1) is 48.9. The summed E-state index contributed by atoms with van der Waals surface area (Å²) in [5.41, 5.74) is 0. The SMILES string of the molecule is CCCCCCCCCCCCCCC(CC(=O)NC(CO)C(O)CCCCCCCCCCC)OC(=O)CCCCCCCCCCCC. The molecule has 3 atom stereocenters. The standard InChI is InChI=1S/C44H87NO5/c1-4-7-10-13-16-19-21-22-24-26-29-32-35-40(50-44(49)37-34-31-28-25-20-17-14-11-8-5-2)38-43(48)45-41(39-46)42(47)36-33-30-27-23-18-15-12-9-6-3/h40-42,46-47H,4-39H2,1-3H3,(H,45,48). The summed E-state index contributed by atoms with van der Waals surface area (Å²) >= 11 is 0. The molecule has 0 heterocycles. The van der Waals surface area contributed by atoms with Crippen LogP contribution in [0.1, 0.15) is 245 Å². The molecule has 0 aliphatic heterocycles. The van der Waals surface area contributed by atoms with Crippen LogP contribution in [0.3, 0.4) is 0 Å². The van der Waals surface area contributed by atoms with E-state index in [9.17, 15) is 19.8 Å². The summed E-state index contributed by atoms with van der Waals surface area (Å²) in [5.74, 6) is -0.462. The zero-order chi connectivity index (χ0) is 36.8. The van der Waals surface area contributed by atoms with Gasteiger partial charge in [0.2, 0.25) is 5.91 Å².